The van der Waals surface area contributed by atoms with Crippen LogP contribution in [0.3, 0.4) is 0 Å². The van der Waals surface area contributed by atoms with Crippen LogP contribution in [0.4, 0.5) is 0 Å². The van der Waals surface area contributed by atoms with Crippen molar-refractivity contribution in [2.75, 3.05) is 20.1 Å². The molecule has 0 aliphatic carbocycles. The average molecular weight is 277 g/mol. The first kappa shape index (κ1) is 15.7. The van der Waals surface area contributed by atoms with Crippen molar-refractivity contribution >= 4 is 18.3 Å². The van der Waals surface area contributed by atoms with E-state index in [9.17, 15) is 4.79 Å². The Kier molecular flexibility index (Phi) is 6.39. The molecule has 106 valence electrons. The van der Waals surface area contributed by atoms with E-state index in [0.29, 0.717) is 12.1 Å². The normalized spacial score (nSPS) is 32.1. The number of hydrogen-bond donors (Lipinski definition) is 1. The van der Waals surface area contributed by atoms with Crippen LogP contribution in [0.2, 0.25) is 0 Å². The molecule has 18 heavy (non-hydrogen) atoms. The largest absolute Gasteiger partial charge is 0.365 e. The van der Waals surface area contributed by atoms with Gasteiger partial charge in [0.25, 0.3) is 5.91 Å². The molecule has 0 spiro atoms. The first-order chi connectivity index (χ1) is 8.24. The van der Waals surface area contributed by atoms with E-state index in [1.807, 2.05) is 11.9 Å². The summed E-state index contributed by atoms with van der Waals surface area (Å²) in [4.78, 5) is 14.3. The lowest BCUT2D eigenvalue weighted by atomic mass is 10.0. The zero-order chi connectivity index (χ0) is 12.3. The molecule has 0 bridgehead atoms. The average Bonchev–Trinajstić information content (AvgIpc) is 2.86. The molecule has 2 saturated heterocycles. The van der Waals surface area contributed by atoms with E-state index in [-0.39, 0.29) is 24.4 Å². The molecule has 4 nitrogen and oxygen atoms in total. The molecule has 0 radical (unpaired) electrons. The summed E-state index contributed by atoms with van der Waals surface area (Å²) in [7, 11) is 1.97. The molecule has 1 amide bonds. The number of carbonyl (C=O) groups is 1. The van der Waals surface area contributed by atoms with Crippen LogP contribution in [-0.2, 0) is 9.53 Å². The second-order valence-electron chi connectivity index (χ2n) is 5.14. The van der Waals surface area contributed by atoms with E-state index in [0.717, 1.165) is 38.8 Å². The minimum atomic E-state index is -0.171. The molecule has 2 heterocycles. The molecule has 5 heteroatoms. The highest BCUT2D eigenvalue weighted by molar-refractivity contribution is 5.85. The summed E-state index contributed by atoms with van der Waals surface area (Å²) in [6.07, 6.45) is 5.35. The number of nitrogens with zero attached hydrogens (tertiary/aromatic N) is 1. The number of likely N-dealkylation sites (tertiary alicyclic amines) is 1. The molecule has 3 unspecified atom stereocenters. The Morgan fingerprint density at radius 2 is 2.17 bits per heavy atom. The van der Waals surface area contributed by atoms with Crippen LogP contribution in [0, 0.1) is 0 Å². The van der Waals surface area contributed by atoms with E-state index in [4.69, 9.17) is 4.74 Å². The second kappa shape index (κ2) is 7.31. The number of rotatable bonds is 3. The van der Waals surface area contributed by atoms with Gasteiger partial charge in [0.05, 0.1) is 6.10 Å². The topological polar surface area (TPSA) is 41.6 Å². The number of nitrogens with one attached hydrogen (secondary N) is 1. The Morgan fingerprint density at radius 1 is 1.39 bits per heavy atom. The zero-order valence-corrected chi connectivity index (χ0v) is 12.2. The third-order valence-electron chi connectivity index (χ3n) is 3.98. The highest BCUT2D eigenvalue weighted by Gasteiger charge is 2.34. The molecule has 2 rings (SSSR count). The first-order valence-corrected chi connectivity index (χ1v) is 6.86. The summed E-state index contributed by atoms with van der Waals surface area (Å²) in [6.45, 7) is 3.86. The van der Waals surface area contributed by atoms with Crippen LogP contribution in [0.15, 0.2) is 0 Å². The molecule has 2 aliphatic heterocycles. The molecular formula is C13H25ClN2O2. The van der Waals surface area contributed by atoms with Gasteiger partial charge in [0.15, 0.2) is 0 Å². The zero-order valence-electron chi connectivity index (χ0n) is 11.4. The van der Waals surface area contributed by atoms with Crippen LogP contribution >= 0.6 is 12.4 Å². The van der Waals surface area contributed by atoms with Crippen LogP contribution in [-0.4, -0.2) is 49.2 Å². The van der Waals surface area contributed by atoms with Gasteiger partial charge in [-0.1, -0.05) is 6.92 Å². The maximum atomic E-state index is 12.3. The summed E-state index contributed by atoms with van der Waals surface area (Å²) in [5.41, 5.74) is 0. The van der Waals surface area contributed by atoms with Gasteiger partial charge in [0, 0.05) is 19.1 Å². The number of hydrogen-bond acceptors (Lipinski definition) is 3. The van der Waals surface area contributed by atoms with Crippen molar-refractivity contribution < 1.29 is 9.53 Å². The maximum absolute atomic E-state index is 12.3. The fourth-order valence-electron chi connectivity index (χ4n) is 2.80. The summed E-state index contributed by atoms with van der Waals surface area (Å²) >= 11 is 0. The summed E-state index contributed by atoms with van der Waals surface area (Å²) in [6, 6.07) is 0.455. The van der Waals surface area contributed by atoms with Gasteiger partial charge in [-0.25, -0.2) is 0 Å². The molecular weight excluding hydrogens is 252 g/mol. The Bertz CT molecular complexity index is 276. The molecule has 0 aromatic carbocycles. The van der Waals surface area contributed by atoms with Gasteiger partial charge in [-0.2, -0.15) is 0 Å². The van der Waals surface area contributed by atoms with Crippen molar-refractivity contribution in [1.29, 1.82) is 0 Å². The van der Waals surface area contributed by atoms with Crippen molar-refractivity contribution in [3.8, 4) is 0 Å². The second-order valence-corrected chi connectivity index (χ2v) is 5.14. The third kappa shape index (κ3) is 3.59. The fourth-order valence-corrected chi connectivity index (χ4v) is 2.80. The number of likely N-dealkylation sites (N-methyl/N-ethyl adjacent to an activating group) is 1. The van der Waals surface area contributed by atoms with E-state index < -0.39 is 0 Å². The summed E-state index contributed by atoms with van der Waals surface area (Å²) < 4.78 is 5.78. The predicted octanol–water partition coefficient (Wildman–Crippen LogP) is 1.58. The number of halogens is 1. The van der Waals surface area contributed by atoms with Crippen LogP contribution in [0.25, 0.3) is 0 Å². The van der Waals surface area contributed by atoms with Crippen LogP contribution in [0.1, 0.15) is 39.0 Å². The van der Waals surface area contributed by atoms with E-state index in [2.05, 4.69) is 12.2 Å². The molecule has 0 saturated carbocycles. The molecule has 3 atom stereocenters. The number of ether oxygens (including phenoxy) is 1. The molecule has 2 fully saturated rings. The summed E-state index contributed by atoms with van der Waals surface area (Å²) in [5, 5.41) is 3.26. The lowest BCUT2D eigenvalue weighted by molar-refractivity contribution is -0.144. The molecule has 0 aromatic heterocycles. The van der Waals surface area contributed by atoms with Gasteiger partial charge < -0.3 is 15.0 Å². The van der Waals surface area contributed by atoms with Crippen molar-refractivity contribution in [3.05, 3.63) is 0 Å². The minimum Gasteiger partial charge on any atom is -0.365 e. The van der Waals surface area contributed by atoms with Gasteiger partial charge >= 0.3 is 0 Å². The minimum absolute atomic E-state index is 0. The molecule has 0 aromatic rings. The maximum Gasteiger partial charge on any atom is 0.251 e. The summed E-state index contributed by atoms with van der Waals surface area (Å²) in [5.74, 6) is 0.209. The highest BCUT2D eigenvalue weighted by atomic mass is 35.5. The lowest BCUT2D eigenvalue weighted by Gasteiger charge is -2.34. The Morgan fingerprint density at radius 3 is 2.78 bits per heavy atom. The van der Waals surface area contributed by atoms with Crippen LogP contribution in [0.5, 0.6) is 0 Å². The molecule has 1 N–H and O–H groups in total. The monoisotopic (exact) mass is 276 g/mol. The van der Waals surface area contributed by atoms with Crippen molar-refractivity contribution in [1.82, 2.24) is 10.2 Å². The Labute approximate surface area is 116 Å². The van der Waals surface area contributed by atoms with Gasteiger partial charge in [-0.15, -0.1) is 12.4 Å². The SMILES string of the molecule is CCC1CCC(C(=O)N2CCCC(NC)C2)O1.Cl. The van der Waals surface area contributed by atoms with E-state index in [1.54, 1.807) is 0 Å². The van der Waals surface area contributed by atoms with Gasteiger partial charge in [-0.3, -0.25) is 4.79 Å². The van der Waals surface area contributed by atoms with Crippen molar-refractivity contribution in [2.45, 2.75) is 57.3 Å². The van der Waals surface area contributed by atoms with Gasteiger partial charge in [-0.05, 0) is 39.2 Å². The number of amides is 1. The van der Waals surface area contributed by atoms with Crippen molar-refractivity contribution in [2.24, 2.45) is 0 Å². The quantitative estimate of drug-likeness (QED) is 0.851. The number of piperidine rings is 1. The third-order valence-corrected chi connectivity index (χ3v) is 3.98. The smallest absolute Gasteiger partial charge is 0.251 e. The fraction of sp³-hybridized carbons (Fsp3) is 0.923. The Hall–Kier alpha value is -0.320. The number of carbonyl (C=O) groups excluding carboxylic acids is 1. The Balaban J connectivity index is 0.00000162. The van der Waals surface area contributed by atoms with E-state index >= 15 is 0 Å². The highest BCUT2D eigenvalue weighted by Crippen LogP contribution is 2.24. The van der Waals surface area contributed by atoms with Crippen molar-refractivity contribution in [3.63, 3.8) is 0 Å². The van der Waals surface area contributed by atoms with Gasteiger partial charge in [0.2, 0.25) is 0 Å². The van der Waals surface area contributed by atoms with Crippen LogP contribution < -0.4 is 5.32 Å². The standard InChI is InChI=1S/C13H24N2O2.ClH/c1-3-11-6-7-12(17-11)13(16)15-8-4-5-10(9-15)14-2;/h10-12,14H,3-9H2,1-2H3;1H. The lowest BCUT2D eigenvalue weighted by Crippen LogP contribution is -2.50. The predicted molar refractivity (Wildman–Crippen MR) is 74.1 cm³/mol. The van der Waals surface area contributed by atoms with Gasteiger partial charge in [0.1, 0.15) is 6.10 Å². The molecule has 2 aliphatic rings. The first-order valence-electron chi connectivity index (χ1n) is 6.86. The van der Waals surface area contributed by atoms with E-state index in [1.165, 1.54) is 6.42 Å².